The van der Waals surface area contributed by atoms with Gasteiger partial charge in [-0.1, -0.05) is 219 Å². The monoisotopic (exact) mass is 879 g/mol. The highest BCUT2D eigenvalue weighted by molar-refractivity contribution is 5.90. The van der Waals surface area contributed by atoms with Crippen LogP contribution in [0.2, 0.25) is 0 Å². The van der Waals surface area contributed by atoms with Gasteiger partial charge in [0.15, 0.2) is 0 Å². The van der Waals surface area contributed by atoms with E-state index in [1.807, 2.05) is 0 Å². The van der Waals surface area contributed by atoms with Crippen molar-refractivity contribution in [3.05, 3.63) is 129 Å². The zero-order valence-corrected chi connectivity index (χ0v) is 43.1. The smallest absolute Gasteiger partial charge is 0.0215 e. The Morgan fingerprint density at radius 1 is 0.318 bits per heavy atom. The SMILES string of the molecule is CCCCCCC1(CCCCCC)c2ccccc2-c2cc3c(cc21)-c1cc2c(cc1CCC3(C)C)-c1cc3c(cc1C(C)(C)CC2)-c1ccccc1C3(CCCCCC)CCCCCC. The Morgan fingerprint density at radius 3 is 0.985 bits per heavy atom. The zero-order valence-electron chi connectivity index (χ0n) is 43.1. The Balaban J connectivity index is 1.22. The Hall–Kier alpha value is -3.90. The van der Waals surface area contributed by atoms with Crippen molar-refractivity contribution in [2.75, 3.05) is 0 Å². The molecule has 5 aromatic rings. The molecule has 0 saturated heterocycles. The zero-order chi connectivity index (χ0) is 46.1. The molecule has 0 radical (unpaired) electrons. The predicted octanol–water partition coefficient (Wildman–Crippen LogP) is 19.9. The minimum absolute atomic E-state index is 0.0743. The van der Waals surface area contributed by atoms with Crippen LogP contribution in [-0.4, -0.2) is 0 Å². The van der Waals surface area contributed by atoms with Crippen LogP contribution >= 0.6 is 0 Å². The fourth-order valence-electron chi connectivity index (χ4n) is 14.1. The summed E-state index contributed by atoms with van der Waals surface area (Å²) in [6.07, 6.45) is 30.7. The van der Waals surface area contributed by atoms with Crippen LogP contribution in [0.3, 0.4) is 0 Å². The van der Waals surface area contributed by atoms with Gasteiger partial charge in [0, 0.05) is 10.8 Å². The minimum atomic E-state index is 0.0743. The lowest BCUT2D eigenvalue weighted by Gasteiger charge is -2.34. The fraction of sp³-hybridized carbons (Fsp3) is 0.545. The van der Waals surface area contributed by atoms with Gasteiger partial charge in [-0.2, -0.15) is 0 Å². The molecule has 350 valence electrons. The average Bonchev–Trinajstić information content (AvgIpc) is 3.66. The molecular formula is C66H86. The number of fused-ring (bicyclic) bond motifs is 12. The van der Waals surface area contributed by atoms with Gasteiger partial charge in [-0.25, -0.2) is 0 Å². The number of unbranched alkanes of at least 4 members (excludes halogenated alkanes) is 12. The van der Waals surface area contributed by atoms with Crippen LogP contribution in [0.25, 0.3) is 44.5 Å². The second-order valence-corrected chi connectivity index (χ2v) is 23.3. The molecule has 0 aliphatic heterocycles. The van der Waals surface area contributed by atoms with Gasteiger partial charge in [-0.3, -0.25) is 0 Å². The maximum absolute atomic E-state index is 2.80. The van der Waals surface area contributed by atoms with Crippen molar-refractivity contribution in [2.45, 2.75) is 231 Å². The molecule has 0 amide bonds. The van der Waals surface area contributed by atoms with Crippen LogP contribution in [0.1, 0.15) is 241 Å². The van der Waals surface area contributed by atoms with E-state index in [0.29, 0.717) is 0 Å². The van der Waals surface area contributed by atoms with Crippen LogP contribution in [-0.2, 0) is 34.5 Å². The van der Waals surface area contributed by atoms with Gasteiger partial charge in [-0.05, 0) is 175 Å². The highest BCUT2D eigenvalue weighted by Crippen LogP contribution is 2.60. The molecule has 0 heterocycles. The lowest BCUT2D eigenvalue weighted by Crippen LogP contribution is -2.26. The van der Waals surface area contributed by atoms with Gasteiger partial charge < -0.3 is 0 Å². The molecule has 4 aliphatic rings. The third-order valence-corrected chi connectivity index (χ3v) is 18.0. The second kappa shape index (κ2) is 19.6. The molecule has 0 unspecified atom stereocenters. The molecule has 4 aliphatic carbocycles. The van der Waals surface area contributed by atoms with E-state index < -0.39 is 0 Å². The Labute approximate surface area is 403 Å². The summed E-state index contributed by atoms with van der Waals surface area (Å²) >= 11 is 0. The van der Waals surface area contributed by atoms with Crippen LogP contribution in [0.4, 0.5) is 0 Å². The van der Waals surface area contributed by atoms with E-state index in [-0.39, 0.29) is 21.7 Å². The van der Waals surface area contributed by atoms with Gasteiger partial charge in [0.05, 0.1) is 0 Å². The largest absolute Gasteiger partial charge is 0.0654 e. The summed E-state index contributed by atoms with van der Waals surface area (Å²) in [5.41, 5.74) is 25.4. The molecular weight excluding hydrogens is 793 g/mol. The summed E-state index contributed by atoms with van der Waals surface area (Å²) in [7, 11) is 0. The van der Waals surface area contributed by atoms with Gasteiger partial charge in [0.25, 0.3) is 0 Å². The number of rotatable bonds is 20. The van der Waals surface area contributed by atoms with E-state index in [1.165, 1.54) is 164 Å². The van der Waals surface area contributed by atoms with Crippen molar-refractivity contribution in [1.29, 1.82) is 0 Å². The lowest BCUT2D eigenvalue weighted by atomic mass is 9.69. The van der Waals surface area contributed by atoms with Crippen molar-refractivity contribution < 1.29 is 0 Å². The van der Waals surface area contributed by atoms with E-state index >= 15 is 0 Å². The van der Waals surface area contributed by atoms with E-state index in [2.05, 4.69) is 140 Å². The average molecular weight is 879 g/mol. The molecule has 9 rings (SSSR count). The maximum Gasteiger partial charge on any atom is 0.0215 e. The van der Waals surface area contributed by atoms with E-state index in [0.717, 1.165) is 12.8 Å². The first-order valence-corrected chi connectivity index (χ1v) is 27.8. The number of hydrogen-bond donors (Lipinski definition) is 0. The molecule has 66 heavy (non-hydrogen) atoms. The highest BCUT2D eigenvalue weighted by Gasteiger charge is 2.46. The first-order valence-electron chi connectivity index (χ1n) is 27.8. The fourth-order valence-corrected chi connectivity index (χ4v) is 14.1. The highest BCUT2D eigenvalue weighted by atomic mass is 14.5. The van der Waals surface area contributed by atoms with Gasteiger partial charge in [0.1, 0.15) is 0 Å². The predicted molar refractivity (Wildman–Crippen MR) is 287 cm³/mol. The Bertz CT molecular complexity index is 2300. The van der Waals surface area contributed by atoms with E-state index in [4.69, 9.17) is 0 Å². The van der Waals surface area contributed by atoms with Crippen molar-refractivity contribution in [3.63, 3.8) is 0 Å². The summed E-state index contributed by atoms with van der Waals surface area (Å²) in [5, 5.41) is 0. The standard InChI is InChI=1S/C66H86/c1-9-13-17-25-35-65(36-26-18-14-10-2)57-31-23-21-29-49(57)53-43-59-55(45-61(53)65)51-41-48-34-40-64(7,8)60-44-54-50-30-22-24-32-58(50)66(37-27-19-15-11-3,38-28-20-16-12-4)62(54)46-56(60)52(48)42-47(51)33-39-63(59,5)6/h21-24,29-32,41-46H,9-20,25-28,33-40H2,1-8H3. The molecule has 0 fully saturated rings. The summed E-state index contributed by atoms with van der Waals surface area (Å²) < 4.78 is 0. The summed E-state index contributed by atoms with van der Waals surface area (Å²) in [4.78, 5) is 0. The van der Waals surface area contributed by atoms with Crippen LogP contribution in [0.5, 0.6) is 0 Å². The molecule has 0 heteroatoms. The quantitative estimate of drug-likeness (QED) is 0.0684. The molecule has 0 nitrogen and oxygen atoms in total. The van der Waals surface area contributed by atoms with Gasteiger partial charge >= 0.3 is 0 Å². The molecule has 0 saturated carbocycles. The summed E-state index contributed by atoms with van der Waals surface area (Å²) in [6.45, 7) is 19.7. The number of benzene rings is 5. The molecule has 0 spiro atoms. The molecule has 5 aromatic carbocycles. The van der Waals surface area contributed by atoms with Crippen molar-refractivity contribution in [3.8, 4) is 44.5 Å². The second-order valence-electron chi connectivity index (χ2n) is 23.3. The Kier molecular flexibility index (Phi) is 14.0. The normalized spacial score (nSPS) is 17.3. The van der Waals surface area contributed by atoms with Gasteiger partial charge in [0.2, 0.25) is 0 Å². The van der Waals surface area contributed by atoms with E-state index in [1.54, 1.807) is 66.8 Å². The molecule has 0 bridgehead atoms. The first kappa shape index (κ1) is 47.2. The third-order valence-electron chi connectivity index (χ3n) is 18.0. The lowest BCUT2D eigenvalue weighted by molar-refractivity contribution is 0.401. The van der Waals surface area contributed by atoms with Crippen molar-refractivity contribution in [1.82, 2.24) is 0 Å². The Morgan fingerprint density at radius 2 is 0.636 bits per heavy atom. The van der Waals surface area contributed by atoms with Crippen LogP contribution in [0, 0.1) is 0 Å². The topological polar surface area (TPSA) is 0 Å². The molecule has 0 N–H and O–H groups in total. The van der Waals surface area contributed by atoms with Crippen LogP contribution < -0.4 is 0 Å². The molecule has 0 aromatic heterocycles. The number of hydrogen-bond acceptors (Lipinski definition) is 0. The van der Waals surface area contributed by atoms with Gasteiger partial charge in [-0.15, -0.1) is 0 Å². The maximum atomic E-state index is 2.80. The van der Waals surface area contributed by atoms with Crippen molar-refractivity contribution >= 4 is 0 Å². The number of aryl methyl sites for hydroxylation is 2. The molecule has 0 atom stereocenters. The summed E-state index contributed by atoms with van der Waals surface area (Å²) in [6, 6.07) is 35.8. The van der Waals surface area contributed by atoms with E-state index in [9.17, 15) is 0 Å². The third kappa shape index (κ3) is 8.40. The minimum Gasteiger partial charge on any atom is -0.0654 e. The first-order chi connectivity index (χ1) is 32.0. The van der Waals surface area contributed by atoms with Crippen molar-refractivity contribution in [2.24, 2.45) is 0 Å². The summed E-state index contributed by atoms with van der Waals surface area (Å²) in [5.74, 6) is 0. The van der Waals surface area contributed by atoms with Crippen LogP contribution in [0.15, 0.2) is 84.9 Å².